The number of nitrogens with zero attached hydrogens (tertiary/aromatic N) is 1. The lowest BCUT2D eigenvalue weighted by Gasteiger charge is -2.36. The molecule has 0 aromatic rings. The van der Waals surface area contributed by atoms with Crippen LogP contribution >= 0.6 is 0 Å². The Kier molecular flexibility index (Phi) is 6.23. The van der Waals surface area contributed by atoms with E-state index in [2.05, 4.69) is 24.1 Å². The standard InChI is InChI=1S/C14H28N2O3/c1-5-14(15-4,13(17)18)7-6-8-16-9-11(2)19-12(3)10-16/h11-12,15H,5-10H2,1-4H3,(H,17,18). The molecule has 0 saturated carbocycles. The highest BCUT2D eigenvalue weighted by molar-refractivity contribution is 5.78. The Morgan fingerprint density at radius 3 is 2.42 bits per heavy atom. The van der Waals surface area contributed by atoms with Gasteiger partial charge in [-0.1, -0.05) is 6.92 Å². The highest BCUT2D eigenvalue weighted by Crippen LogP contribution is 2.19. The fourth-order valence-electron chi connectivity index (χ4n) is 2.92. The highest BCUT2D eigenvalue weighted by atomic mass is 16.5. The first-order valence-electron chi connectivity index (χ1n) is 7.23. The van der Waals surface area contributed by atoms with Crippen molar-refractivity contribution in [3.05, 3.63) is 0 Å². The van der Waals surface area contributed by atoms with Crippen molar-refractivity contribution in [2.45, 2.75) is 57.8 Å². The van der Waals surface area contributed by atoms with Gasteiger partial charge in [-0.3, -0.25) is 9.69 Å². The summed E-state index contributed by atoms with van der Waals surface area (Å²) in [6.07, 6.45) is 2.69. The van der Waals surface area contributed by atoms with E-state index in [4.69, 9.17) is 4.74 Å². The van der Waals surface area contributed by atoms with Crippen molar-refractivity contribution in [2.24, 2.45) is 0 Å². The second-order valence-corrected chi connectivity index (χ2v) is 5.61. The molecule has 0 radical (unpaired) electrons. The number of likely N-dealkylation sites (N-methyl/N-ethyl adjacent to an activating group) is 1. The van der Waals surface area contributed by atoms with Gasteiger partial charge in [-0.2, -0.15) is 0 Å². The summed E-state index contributed by atoms with van der Waals surface area (Å²) in [7, 11) is 1.73. The van der Waals surface area contributed by atoms with Crippen molar-refractivity contribution < 1.29 is 14.6 Å². The first-order valence-corrected chi connectivity index (χ1v) is 7.23. The lowest BCUT2D eigenvalue weighted by Crippen LogP contribution is -2.51. The molecule has 0 spiro atoms. The summed E-state index contributed by atoms with van der Waals surface area (Å²) in [6, 6.07) is 0. The molecule has 0 bridgehead atoms. The zero-order valence-corrected chi connectivity index (χ0v) is 12.6. The number of hydrogen-bond donors (Lipinski definition) is 2. The number of morpholine rings is 1. The first-order chi connectivity index (χ1) is 8.93. The predicted molar refractivity (Wildman–Crippen MR) is 75.4 cm³/mol. The van der Waals surface area contributed by atoms with E-state index in [9.17, 15) is 9.90 Å². The number of rotatable bonds is 7. The molecule has 3 unspecified atom stereocenters. The van der Waals surface area contributed by atoms with Crippen LogP contribution in [-0.2, 0) is 9.53 Å². The Morgan fingerprint density at radius 2 is 2.00 bits per heavy atom. The molecule has 0 aromatic heterocycles. The van der Waals surface area contributed by atoms with Gasteiger partial charge in [0.15, 0.2) is 0 Å². The van der Waals surface area contributed by atoms with Crippen molar-refractivity contribution in [2.75, 3.05) is 26.7 Å². The molecule has 0 aliphatic carbocycles. The second kappa shape index (κ2) is 7.22. The number of nitrogens with one attached hydrogen (secondary N) is 1. The first kappa shape index (κ1) is 16.4. The summed E-state index contributed by atoms with van der Waals surface area (Å²) in [5.41, 5.74) is -0.774. The molecule has 112 valence electrons. The minimum atomic E-state index is -0.774. The Hall–Kier alpha value is -0.650. The molecule has 19 heavy (non-hydrogen) atoms. The number of carboxylic acids is 1. The van der Waals surface area contributed by atoms with E-state index in [1.165, 1.54) is 0 Å². The van der Waals surface area contributed by atoms with Crippen LogP contribution in [0.1, 0.15) is 40.0 Å². The fourth-order valence-corrected chi connectivity index (χ4v) is 2.92. The van der Waals surface area contributed by atoms with Crippen LogP contribution in [0.3, 0.4) is 0 Å². The molecule has 1 fully saturated rings. The number of carbonyl (C=O) groups is 1. The smallest absolute Gasteiger partial charge is 0.323 e. The van der Waals surface area contributed by atoms with Gasteiger partial charge >= 0.3 is 5.97 Å². The summed E-state index contributed by atoms with van der Waals surface area (Å²) >= 11 is 0. The van der Waals surface area contributed by atoms with E-state index in [1.807, 2.05) is 6.92 Å². The topological polar surface area (TPSA) is 61.8 Å². The number of hydrogen-bond acceptors (Lipinski definition) is 4. The molecule has 1 saturated heterocycles. The molecule has 0 aromatic carbocycles. The molecular formula is C14H28N2O3. The van der Waals surface area contributed by atoms with Crippen LogP contribution in [0.4, 0.5) is 0 Å². The highest BCUT2D eigenvalue weighted by Gasteiger charge is 2.34. The largest absolute Gasteiger partial charge is 0.480 e. The van der Waals surface area contributed by atoms with Crippen LogP contribution in [0, 0.1) is 0 Å². The van der Waals surface area contributed by atoms with Crippen molar-refractivity contribution in [1.29, 1.82) is 0 Å². The lowest BCUT2D eigenvalue weighted by molar-refractivity contribution is -0.145. The van der Waals surface area contributed by atoms with E-state index in [0.717, 1.165) is 26.1 Å². The Bertz CT molecular complexity index is 282. The zero-order chi connectivity index (χ0) is 14.5. The number of aliphatic carboxylic acids is 1. The molecular weight excluding hydrogens is 244 g/mol. The van der Waals surface area contributed by atoms with Crippen LogP contribution in [0.5, 0.6) is 0 Å². The molecule has 1 aliphatic rings. The lowest BCUT2D eigenvalue weighted by atomic mass is 9.90. The van der Waals surface area contributed by atoms with Gasteiger partial charge in [0.05, 0.1) is 12.2 Å². The van der Waals surface area contributed by atoms with Crippen LogP contribution in [-0.4, -0.2) is 60.4 Å². The van der Waals surface area contributed by atoms with Gasteiger partial charge in [-0.15, -0.1) is 0 Å². The van der Waals surface area contributed by atoms with E-state index < -0.39 is 11.5 Å². The maximum Gasteiger partial charge on any atom is 0.323 e. The van der Waals surface area contributed by atoms with Crippen LogP contribution in [0.2, 0.25) is 0 Å². The Labute approximate surface area is 116 Å². The summed E-state index contributed by atoms with van der Waals surface area (Å²) in [4.78, 5) is 13.7. The molecule has 1 heterocycles. The SMILES string of the molecule is CCC(CCCN1CC(C)OC(C)C1)(NC)C(=O)O. The summed E-state index contributed by atoms with van der Waals surface area (Å²) < 4.78 is 5.70. The number of carboxylic acid groups (broad SMARTS) is 1. The third kappa shape index (κ3) is 4.44. The minimum absolute atomic E-state index is 0.267. The quantitative estimate of drug-likeness (QED) is 0.732. The average molecular weight is 272 g/mol. The van der Waals surface area contributed by atoms with Gasteiger partial charge in [0.1, 0.15) is 5.54 Å². The van der Waals surface area contributed by atoms with Crippen LogP contribution in [0.25, 0.3) is 0 Å². The molecule has 1 rings (SSSR count). The molecule has 1 aliphatic heterocycles. The predicted octanol–water partition coefficient (Wildman–Crippen LogP) is 1.33. The van der Waals surface area contributed by atoms with E-state index >= 15 is 0 Å². The Balaban J connectivity index is 2.42. The maximum absolute atomic E-state index is 11.4. The third-order valence-electron chi connectivity index (χ3n) is 4.06. The summed E-state index contributed by atoms with van der Waals surface area (Å²) in [5, 5.41) is 12.3. The van der Waals surface area contributed by atoms with E-state index in [-0.39, 0.29) is 12.2 Å². The Morgan fingerprint density at radius 1 is 1.42 bits per heavy atom. The van der Waals surface area contributed by atoms with Gasteiger partial charge in [0.2, 0.25) is 0 Å². The second-order valence-electron chi connectivity index (χ2n) is 5.61. The van der Waals surface area contributed by atoms with Crippen molar-refractivity contribution >= 4 is 5.97 Å². The van der Waals surface area contributed by atoms with Crippen LogP contribution in [0.15, 0.2) is 0 Å². The van der Waals surface area contributed by atoms with E-state index in [1.54, 1.807) is 7.05 Å². The number of ether oxygens (including phenoxy) is 1. The molecule has 2 N–H and O–H groups in total. The zero-order valence-electron chi connectivity index (χ0n) is 12.6. The molecule has 0 amide bonds. The fraction of sp³-hybridized carbons (Fsp3) is 0.929. The summed E-state index contributed by atoms with van der Waals surface area (Å²) in [5.74, 6) is -0.749. The van der Waals surface area contributed by atoms with Gasteiger partial charge in [-0.05, 0) is 46.7 Å². The maximum atomic E-state index is 11.4. The van der Waals surface area contributed by atoms with Gasteiger partial charge < -0.3 is 15.2 Å². The summed E-state index contributed by atoms with van der Waals surface area (Å²) in [6.45, 7) is 8.91. The monoisotopic (exact) mass is 272 g/mol. The van der Waals surface area contributed by atoms with Crippen molar-refractivity contribution in [3.8, 4) is 0 Å². The molecule has 5 nitrogen and oxygen atoms in total. The normalized spacial score (nSPS) is 28.0. The van der Waals surface area contributed by atoms with Gasteiger partial charge in [-0.25, -0.2) is 0 Å². The molecule has 5 heteroatoms. The molecule has 3 atom stereocenters. The third-order valence-corrected chi connectivity index (χ3v) is 4.06. The van der Waals surface area contributed by atoms with Gasteiger partial charge in [0.25, 0.3) is 0 Å². The minimum Gasteiger partial charge on any atom is -0.480 e. The van der Waals surface area contributed by atoms with Crippen molar-refractivity contribution in [1.82, 2.24) is 10.2 Å². The van der Waals surface area contributed by atoms with Crippen molar-refractivity contribution in [3.63, 3.8) is 0 Å². The van der Waals surface area contributed by atoms with Gasteiger partial charge in [0, 0.05) is 13.1 Å². The van der Waals surface area contributed by atoms with Crippen LogP contribution < -0.4 is 5.32 Å². The van der Waals surface area contributed by atoms with E-state index in [0.29, 0.717) is 12.8 Å². The average Bonchev–Trinajstić information content (AvgIpc) is 2.33.